The minimum Gasteiger partial charge on any atom is -0.358 e. The fourth-order valence-corrected chi connectivity index (χ4v) is 2.51. The molecular formula is C16H9ClFN3O4. The van der Waals surface area contributed by atoms with Crippen molar-refractivity contribution < 1.29 is 14.1 Å². The fourth-order valence-electron chi connectivity index (χ4n) is 2.29. The van der Waals surface area contributed by atoms with Crippen LogP contribution in [0.25, 0.3) is 10.9 Å². The van der Waals surface area contributed by atoms with Gasteiger partial charge < -0.3 is 10.3 Å². The number of rotatable bonds is 3. The molecule has 0 atom stereocenters. The first-order valence-electron chi connectivity index (χ1n) is 6.93. The SMILES string of the molecule is O=C(Nc1ccc([N+](=O)[O-])cc1Cl)c1c[nH]c2c(F)cccc2c1=O. The van der Waals surface area contributed by atoms with Crippen LogP contribution < -0.4 is 10.7 Å². The highest BCUT2D eigenvalue weighted by Crippen LogP contribution is 2.27. The highest BCUT2D eigenvalue weighted by Gasteiger charge is 2.17. The molecular weight excluding hydrogens is 353 g/mol. The summed E-state index contributed by atoms with van der Waals surface area (Å²) in [5.41, 5.74) is -1.02. The number of nitro benzene ring substituents is 1. The van der Waals surface area contributed by atoms with Gasteiger partial charge in [-0.25, -0.2) is 4.39 Å². The van der Waals surface area contributed by atoms with Gasteiger partial charge in [0.2, 0.25) is 5.43 Å². The van der Waals surface area contributed by atoms with E-state index in [0.29, 0.717) is 0 Å². The summed E-state index contributed by atoms with van der Waals surface area (Å²) >= 11 is 5.91. The molecule has 0 unspecified atom stereocenters. The van der Waals surface area contributed by atoms with Crippen LogP contribution in [-0.4, -0.2) is 15.8 Å². The van der Waals surface area contributed by atoms with Crippen molar-refractivity contribution in [1.29, 1.82) is 0 Å². The van der Waals surface area contributed by atoms with Crippen LogP contribution in [0.5, 0.6) is 0 Å². The Morgan fingerprint density at radius 1 is 1.28 bits per heavy atom. The van der Waals surface area contributed by atoms with Crippen LogP contribution in [-0.2, 0) is 0 Å². The zero-order valence-corrected chi connectivity index (χ0v) is 13.1. The number of carbonyl (C=O) groups is 1. The van der Waals surface area contributed by atoms with E-state index in [1.54, 1.807) is 0 Å². The molecule has 0 spiro atoms. The monoisotopic (exact) mass is 361 g/mol. The van der Waals surface area contributed by atoms with Crippen LogP contribution >= 0.6 is 11.6 Å². The highest BCUT2D eigenvalue weighted by molar-refractivity contribution is 6.34. The number of carbonyl (C=O) groups excluding carboxylic acids is 1. The summed E-state index contributed by atoms with van der Waals surface area (Å²) in [6, 6.07) is 7.45. The molecule has 0 bridgehead atoms. The summed E-state index contributed by atoms with van der Waals surface area (Å²) in [5.74, 6) is -1.39. The number of nitrogens with one attached hydrogen (secondary N) is 2. The Balaban J connectivity index is 1.97. The van der Waals surface area contributed by atoms with E-state index in [1.165, 1.54) is 30.3 Å². The molecule has 3 rings (SSSR count). The molecule has 1 aromatic heterocycles. The first kappa shape index (κ1) is 16.6. The van der Waals surface area contributed by atoms with Gasteiger partial charge in [-0.3, -0.25) is 19.7 Å². The van der Waals surface area contributed by atoms with Crippen molar-refractivity contribution in [1.82, 2.24) is 4.98 Å². The van der Waals surface area contributed by atoms with Crippen molar-refractivity contribution in [2.24, 2.45) is 0 Å². The molecule has 0 fully saturated rings. The van der Waals surface area contributed by atoms with Gasteiger partial charge in [-0.2, -0.15) is 0 Å². The smallest absolute Gasteiger partial charge is 0.271 e. The van der Waals surface area contributed by atoms with E-state index in [-0.39, 0.29) is 32.9 Å². The lowest BCUT2D eigenvalue weighted by atomic mass is 10.1. The quantitative estimate of drug-likeness (QED) is 0.550. The molecule has 1 amide bonds. The van der Waals surface area contributed by atoms with Gasteiger partial charge >= 0.3 is 0 Å². The van der Waals surface area contributed by atoms with Gasteiger partial charge in [-0.1, -0.05) is 17.7 Å². The summed E-state index contributed by atoms with van der Waals surface area (Å²) in [6.45, 7) is 0. The maximum Gasteiger partial charge on any atom is 0.271 e. The molecule has 0 saturated heterocycles. The predicted molar refractivity (Wildman–Crippen MR) is 90.6 cm³/mol. The van der Waals surface area contributed by atoms with Gasteiger partial charge in [-0.15, -0.1) is 0 Å². The number of halogens is 2. The van der Waals surface area contributed by atoms with Gasteiger partial charge in [0.15, 0.2) is 0 Å². The lowest BCUT2D eigenvalue weighted by Gasteiger charge is -2.08. The van der Waals surface area contributed by atoms with Gasteiger partial charge in [0, 0.05) is 23.7 Å². The number of nitrogens with zero attached hydrogens (tertiary/aromatic N) is 1. The summed E-state index contributed by atoms with van der Waals surface area (Å²) in [7, 11) is 0. The molecule has 7 nitrogen and oxygen atoms in total. The van der Waals surface area contributed by atoms with E-state index in [4.69, 9.17) is 11.6 Å². The largest absolute Gasteiger partial charge is 0.358 e. The van der Waals surface area contributed by atoms with Gasteiger partial charge in [0.1, 0.15) is 11.4 Å². The number of hydrogen-bond donors (Lipinski definition) is 2. The Labute approximate surface area is 144 Å². The number of aromatic amines is 1. The summed E-state index contributed by atoms with van der Waals surface area (Å²) in [6.07, 6.45) is 1.10. The second-order valence-corrected chi connectivity index (χ2v) is 5.48. The Kier molecular flexibility index (Phi) is 4.20. The lowest BCUT2D eigenvalue weighted by molar-refractivity contribution is -0.384. The lowest BCUT2D eigenvalue weighted by Crippen LogP contribution is -2.22. The molecule has 0 aliphatic heterocycles. The standard InChI is InChI=1S/C16H9ClFN3O4/c17-11-6-8(21(24)25)4-5-13(11)20-16(23)10-7-19-14-9(15(10)22)2-1-3-12(14)18/h1-7H,(H,19,22)(H,20,23). The molecule has 0 aliphatic rings. The molecule has 9 heteroatoms. The second-order valence-electron chi connectivity index (χ2n) is 5.07. The van der Waals surface area contributed by atoms with Gasteiger partial charge in [-0.05, 0) is 18.2 Å². The number of aromatic nitrogens is 1. The number of amides is 1. The first-order chi connectivity index (χ1) is 11.9. The minimum absolute atomic E-state index is 0.00239. The molecule has 2 aromatic carbocycles. The van der Waals surface area contributed by atoms with E-state index < -0.39 is 22.1 Å². The normalized spacial score (nSPS) is 10.6. The Hall–Kier alpha value is -3.26. The third kappa shape index (κ3) is 3.07. The number of hydrogen-bond acceptors (Lipinski definition) is 4. The van der Waals surface area contributed by atoms with Crippen LogP contribution in [0.1, 0.15) is 10.4 Å². The van der Waals surface area contributed by atoms with Crippen molar-refractivity contribution in [3.05, 3.63) is 79.3 Å². The second kappa shape index (κ2) is 6.33. The van der Waals surface area contributed by atoms with Crippen LogP contribution in [0.3, 0.4) is 0 Å². The Bertz CT molecular complexity index is 1080. The van der Waals surface area contributed by atoms with Gasteiger partial charge in [0.05, 0.1) is 21.2 Å². The van der Waals surface area contributed by atoms with E-state index in [9.17, 15) is 24.1 Å². The van der Waals surface area contributed by atoms with Crippen molar-refractivity contribution in [2.45, 2.75) is 0 Å². The number of para-hydroxylation sites is 1. The van der Waals surface area contributed by atoms with E-state index in [0.717, 1.165) is 12.3 Å². The topological polar surface area (TPSA) is 105 Å². The molecule has 3 aromatic rings. The summed E-state index contributed by atoms with van der Waals surface area (Å²) in [4.78, 5) is 37.3. The van der Waals surface area contributed by atoms with Gasteiger partial charge in [0.25, 0.3) is 11.6 Å². The number of H-pyrrole nitrogens is 1. The molecule has 126 valence electrons. The number of benzene rings is 2. The molecule has 0 saturated carbocycles. The number of non-ortho nitro benzene ring substituents is 1. The number of nitro groups is 1. The van der Waals surface area contributed by atoms with Crippen molar-refractivity contribution in [3.63, 3.8) is 0 Å². The molecule has 0 radical (unpaired) electrons. The third-order valence-electron chi connectivity index (χ3n) is 3.52. The van der Waals surface area contributed by atoms with Crippen LogP contribution in [0.4, 0.5) is 15.8 Å². The predicted octanol–water partition coefficient (Wildman–Crippen LogP) is 3.48. The van der Waals surface area contributed by atoms with E-state index in [1.807, 2.05) is 0 Å². The average molecular weight is 362 g/mol. The minimum atomic E-state index is -0.775. The molecule has 2 N–H and O–H groups in total. The van der Waals surface area contributed by atoms with E-state index in [2.05, 4.69) is 10.3 Å². The highest BCUT2D eigenvalue weighted by atomic mass is 35.5. The average Bonchev–Trinajstić information content (AvgIpc) is 2.57. The molecule has 25 heavy (non-hydrogen) atoms. The fraction of sp³-hybridized carbons (Fsp3) is 0. The summed E-state index contributed by atoms with van der Waals surface area (Å²) in [5, 5.41) is 13.1. The van der Waals surface area contributed by atoms with E-state index >= 15 is 0 Å². The maximum absolute atomic E-state index is 13.7. The van der Waals surface area contributed by atoms with Crippen molar-refractivity contribution >= 4 is 39.8 Å². The number of pyridine rings is 1. The van der Waals surface area contributed by atoms with Crippen molar-refractivity contribution in [2.75, 3.05) is 5.32 Å². The Morgan fingerprint density at radius 3 is 2.72 bits per heavy atom. The molecule has 1 heterocycles. The van der Waals surface area contributed by atoms with Crippen LogP contribution in [0.2, 0.25) is 5.02 Å². The molecule has 0 aliphatic carbocycles. The van der Waals surface area contributed by atoms with Crippen LogP contribution in [0, 0.1) is 15.9 Å². The zero-order valence-electron chi connectivity index (χ0n) is 12.4. The number of anilines is 1. The van der Waals surface area contributed by atoms with Crippen LogP contribution in [0.15, 0.2) is 47.4 Å². The maximum atomic E-state index is 13.7. The number of fused-ring (bicyclic) bond motifs is 1. The van der Waals surface area contributed by atoms with Crippen molar-refractivity contribution in [3.8, 4) is 0 Å². The Morgan fingerprint density at radius 2 is 2.04 bits per heavy atom. The first-order valence-corrected chi connectivity index (χ1v) is 7.31. The summed E-state index contributed by atoms with van der Waals surface area (Å²) < 4.78 is 13.7. The zero-order chi connectivity index (χ0) is 18.1. The third-order valence-corrected chi connectivity index (χ3v) is 3.83.